The lowest BCUT2D eigenvalue weighted by Gasteiger charge is -2.47. The third-order valence-corrected chi connectivity index (χ3v) is 3.66. The molecule has 1 N–H and O–H groups in total. The van der Waals surface area contributed by atoms with Crippen LogP contribution >= 0.6 is 0 Å². The lowest BCUT2D eigenvalue weighted by atomic mass is 9.88. The Morgan fingerprint density at radius 1 is 1.25 bits per heavy atom. The van der Waals surface area contributed by atoms with Gasteiger partial charge in [-0.15, -0.1) is 0 Å². The van der Waals surface area contributed by atoms with Gasteiger partial charge in [-0.25, -0.2) is 0 Å². The van der Waals surface area contributed by atoms with E-state index in [4.69, 9.17) is 0 Å². The van der Waals surface area contributed by atoms with Gasteiger partial charge < -0.3 is 5.32 Å². The largest absolute Gasteiger partial charge is 0.390 e. The van der Waals surface area contributed by atoms with Gasteiger partial charge in [-0.1, -0.05) is 13.8 Å². The summed E-state index contributed by atoms with van der Waals surface area (Å²) in [5.74, 6) is 0. The highest BCUT2D eigenvalue weighted by atomic mass is 19.4. The van der Waals surface area contributed by atoms with Crippen LogP contribution in [0.5, 0.6) is 0 Å². The number of alkyl halides is 3. The Kier molecular flexibility index (Phi) is 4.62. The van der Waals surface area contributed by atoms with E-state index in [-0.39, 0.29) is 12.1 Å². The molecule has 0 aromatic rings. The number of nitrogens with zero attached hydrogens (tertiary/aromatic N) is 1. The maximum atomic E-state index is 12.2. The highest BCUT2D eigenvalue weighted by Crippen LogP contribution is 2.28. The van der Waals surface area contributed by atoms with Crippen molar-refractivity contribution in [1.29, 1.82) is 0 Å². The van der Waals surface area contributed by atoms with E-state index in [0.717, 1.165) is 32.5 Å². The summed E-state index contributed by atoms with van der Waals surface area (Å²) in [5, 5.41) is 3.28. The maximum absolute atomic E-state index is 12.2. The van der Waals surface area contributed by atoms with Crippen molar-refractivity contribution < 1.29 is 13.2 Å². The molecule has 5 heteroatoms. The van der Waals surface area contributed by atoms with E-state index in [1.807, 2.05) is 4.90 Å². The summed E-state index contributed by atoms with van der Waals surface area (Å²) < 4.78 is 36.7. The van der Waals surface area contributed by atoms with Crippen LogP contribution in [0.15, 0.2) is 0 Å². The standard InChI is InChI=1S/C11H21F3N2/c1-3-10(4-2)9-15-6-8-16(10)7-5-11(12,13)14/h15H,3-9H2,1-2H3. The SMILES string of the molecule is CCC1(CC)CNCCN1CCC(F)(F)F. The number of hydrogen-bond acceptors (Lipinski definition) is 2. The van der Waals surface area contributed by atoms with Gasteiger partial charge in [0.25, 0.3) is 0 Å². The molecule has 16 heavy (non-hydrogen) atoms. The zero-order valence-electron chi connectivity index (χ0n) is 10.0. The Balaban J connectivity index is 2.60. The van der Waals surface area contributed by atoms with Crippen LogP contribution in [0.2, 0.25) is 0 Å². The quantitative estimate of drug-likeness (QED) is 0.809. The van der Waals surface area contributed by atoms with Crippen molar-refractivity contribution >= 4 is 0 Å². The lowest BCUT2D eigenvalue weighted by molar-refractivity contribution is -0.142. The molecule has 0 aliphatic carbocycles. The lowest BCUT2D eigenvalue weighted by Crippen LogP contribution is -2.61. The first-order valence-electron chi connectivity index (χ1n) is 5.96. The zero-order valence-corrected chi connectivity index (χ0v) is 10.0. The van der Waals surface area contributed by atoms with Crippen molar-refractivity contribution in [2.45, 2.75) is 44.8 Å². The summed E-state index contributed by atoms with van der Waals surface area (Å²) in [6.45, 7) is 6.55. The van der Waals surface area contributed by atoms with E-state index in [1.54, 1.807) is 0 Å². The van der Waals surface area contributed by atoms with Gasteiger partial charge >= 0.3 is 6.18 Å². The predicted molar refractivity (Wildman–Crippen MR) is 58.4 cm³/mol. The minimum Gasteiger partial charge on any atom is -0.314 e. The Hall–Kier alpha value is -0.290. The molecule has 1 fully saturated rings. The van der Waals surface area contributed by atoms with E-state index < -0.39 is 12.6 Å². The van der Waals surface area contributed by atoms with Crippen LogP contribution < -0.4 is 5.32 Å². The van der Waals surface area contributed by atoms with Gasteiger partial charge in [0.2, 0.25) is 0 Å². The van der Waals surface area contributed by atoms with E-state index >= 15 is 0 Å². The highest BCUT2D eigenvalue weighted by molar-refractivity contribution is 4.94. The second-order valence-electron chi connectivity index (χ2n) is 4.46. The molecular weight excluding hydrogens is 217 g/mol. The number of piperazine rings is 1. The van der Waals surface area contributed by atoms with Crippen LogP contribution in [0, 0.1) is 0 Å². The van der Waals surface area contributed by atoms with Crippen molar-refractivity contribution in [3.63, 3.8) is 0 Å². The Morgan fingerprint density at radius 2 is 1.88 bits per heavy atom. The van der Waals surface area contributed by atoms with E-state index in [2.05, 4.69) is 19.2 Å². The predicted octanol–water partition coefficient (Wildman–Crippen LogP) is 2.40. The highest BCUT2D eigenvalue weighted by Gasteiger charge is 2.37. The minimum atomic E-state index is -4.04. The Morgan fingerprint density at radius 3 is 2.38 bits per heavy atom. The molecule has 0 saturated carbocycles. The number of rotatable bonds is 4. The van der Waals surface area contributed by atoms with Crippen molar-refractivity contribution in [2.75, 3.05) is 26.2 Å². The van der Waals surface area contributed by atoms with E-state index in [1.165, 1.54) is 0 Å². The first-order valence-corrected chi connectivity index (χ1v) is 5.96. The Bertz CT molecular complexity index is 212. The number of nitrogens with one attached hydrogen (secondary N) is 1. The van der Waals surface area contributed by atoms with E-state index in [0.29, 0.717) is 0 Å². The molecule has 0 radical (unpaired) electrons. The van der Waals surface area contributed by atoms with Gasteiger partial charge in [0.1, 0.15) is 0 Å². The molecule has 0 atom stereocenters. The molecule has 1 aliphatic heterocycles. The molecule has 0 aromatic carbocycles. The maximum Gasteiger partial charge on any atom is 0.390 e. The fourth-order valence-corrected chi connectivity index (χ4v) is 2.44. The van der Waals surface area contributed by atoms with Gasteiger partial charge in [-0.3, -0.25) is 4.90 Å². The van der Waals surface area contributed by atoms with Crippen LogP contribution in [0.3, 0.4) is 0 Å². The van der Waals surface area contributed by atoms with Gasteiger partial charge in [0.05, 0.1) is 6.42 Å². The van der Waals surface area contributed by atoms with Crippen LogP contribution in [0.25, 0.3) is 0 Å². The van der Waals surface area contributed by atoms with Gasteiger partial charge in [-0.2, -0.15) is 13.2 Å². The normalized spacial score (nSPS) is 22.3. The summed E-state index contributed by atoms with van der Waals surface area (Å²) in [6, 6.07) is 0. The van der Waals surface area contributed by atoms with E-state index in [9.17, 15) is 13.2 Å². The summed E-state index contributed by atoms with van der Waals surface area (Å²) >= 11 is 0. The molecule has 0 bridgehead atoms. The minimum absolute atomic E-state index is 0.0799. The monoisotopic (exact) mass is 238 g/mol. The van der Waals surface area contributed by atoms with Crippen LogP contribution in [0.1, 0.15) is 33.1 Å². The topological polar surface area (TPSA) is 15.3 Å². The molecule has 0 amide bonds. The first kappa shape index (κ1) is 13.8. The second kappa shape index (κ2) is 5.36. The number of hydrogen-bond donors (Lipinski definition) is 1. The molecule has 1 aliphatic rings. The molecule has 1 rings (SSSR count). The molecule has 0 spiro atoms. The molecular formula is C11H21F3N2. The zero-order chi connectivity index (χ0) is 12.2. The fraction of sp³-hybridized carbons (Fsp3) is 1.00. The summed E-state index contributed by atoms with van der Waals surface area (Å²) in [7, 11) is 0. The van der Waals surface area contributed by atoms with Crippen molar-refractivity contribution in [2.24, 2.45) is 0 Å². The summed E-state index contributed by atoms with van der Waals surface area (Å²) in [5.41, 5.74) is -0.0799. The van der Waals surface area contributed by atoms with Crippen LogP contribution in [-0.4, -0.2) is 42.8 Å². The average Bonchev–Trinajstić information content (AvgIpc) is 2.25. The van der Waals surface area contributed by atoms with Crippen molar-refractivity contribution in [1.82, 2.24) is 10.2 Å². The van der Waals surface area contributed by atoms with Gasteiger partial charge in [-0.05, 0) is 12.8 Å². The molecule has 0 unspecified atom stereocenters. The van der Waals surface area contributed by atoms with Crippen LogP contribution in [0.4, 0.5) is 13.2 Å². The smallest absolute Gasteiger partial charge is 0.314 e. The van der Waals surface area contributed by atoms with Crippen molar-refractivity contribution in [3.8, 4) is 0 Å². The Labute approximate surface area is 95.2 Å². The third-order valence-electron chi connectivity index (χ3n) is 3.66. The number of halogens is 3. The van der Waals surface area contributed by atoms with Gasteiger partial charge in [0.15, 0.2) is 0 Å². The average molecular weight is 238 g/mol. The molecule has 0 aromatic heterocycles. The first-order chi connectivity index (χ1) is 7.43. The molecule has 1 saturated heterocycles. The second-order valence-corrected chi connectivity index (χ2v) is 4.46. The fourth-order valence-electron chi connectivity index (χ4n) is 2.44. The third kappa shape index (κ3) is 3.35. The summed E-state index contributed by atoms with van der Waals surface area (Å²) in [4.78, 5) is 2.01. The molecule has 1 heterocycles. The van der Waals surface area contributed by atoms with Crippen molar-refractivity contribution in [3.05, 3.63) is 0 Å². The molecule has 96 valence electrons. The molecule has 2 nitrogen and oxygen atoms in total. The van der Waals surface area contributed by atoms with Gasteiger partial charge in [0, 0.05) is 31.7 Å². The summed E-state index contributed by atoms with van der Waals surface area (Å²) in [6.07, 6.45) is -2.95. The van der Waals surface area contributed by atoms with Crippen LogP contribution in [-0.2, 0) is 0 Å².